The number of fused-ring (bicyclic) bond motifs is 1. The van der Waals surface area contributed by atoms with Gasteiger partial charge >= 0.3 is 6.09 Å². The minimum absolute atomic E-state index is 0.148. The van der Waals surface area contributed by atoms with Crippen molar-refractivity contribution >= 4 is 6.09 Å². The number of pyridine rings is 1. The van der Waals surface area contributed by atoms with Crippen molar-refractivity contribution in [3.05, 3.63) is 29.6 Å². The van der Waals surface area contributed by atoms with Gasteiger partial charge in [-0.3, -0.25) is 14.8 Å². The predicted octanol–water partition coefficient (Wildman–Crippen LogP) is 1.07. The standard InChI is InChI=1S/C14H19N3O2/c1-11-3-2-4-12(15-11)5-6-16-7-8-17-13(9-16)10-19-14(17)18/h2-4,13H,5-10H2,1H3/t13-/m1/s1. The van der Waals surface area contributed by atoms with Gasteiger partial charge in [-0.25, -0.2) is 4.79 Å². The molecule has 1 aromatic heterocycles. The van der Waals surface area contributed by atoms with Gasteiger partial charge in [-0.1, -0.05) is 6.07 Å². The number of carbonyl (C=O) groups excluding carboxylic acids is 1. The number of nitrogens with zero attached hydrogens (tertiary/aromatic N) is 3. The topological polar surface area (TPSA) is 45.7 Å². The molecule has 0 saturated carbocycles. The van der Waals surface area contributed by atoms with E-state index in [0.717, 1.165) is 44.0 Å². The highest BCUT2D eigenvalue weighted by Crippen LogP contribution is 2.17. The number of piperazine rings is 1. The van der Waals surface area contributed by atoms with Gasteiger partial charge in [0.1, 0.15) is 6.61 Å². The Balaban J connectivity index is 1.53. The monoisotopic (exact) mass is 261 g/mol. The maximum Gasteiger partial charge on any atom is 0.410 e. The van der Waals surface area contributed by atoms with Crippen molar-refractivity contribution in [1.29, 1.82) is 0 Å². The maximum atomic E-state index is 11.4. The molecule has 0 bridgehead atoms. The molecule has 2 saturated heterocycles. The molecule has 3 heterocycles. The third kappa shape index (κ3) is 2.71. The molecular weight excluding hydrogens is 242 g/mol. The largest absolute Gasteiger partial charge is 0.447 e. The molecule has 2 fully saturated rings. The second kappa shape index (κ2) is 5.17. The summed E-state index contributed by atoms with van der Waals surface area (Å²) < 4.78 is 5.07. The number of hydrogen-bond acceptors (Lipinski definition) is 4. The average molecular weight is 261 g/mol. The lowest BCUT2D eigenvalue weighted by Gasteiger charge is -2.35. The molecule has 102 valence electrons. The predicted molar refractivity (Wildman–Crippen MR) is 71.0 cm³/mol. The van der Waals surface area contributed by atoms with Gasteiger partial charge in [0.2, 0.25) is 0 Å². The van der Waals surface area contributed by atoms with E-state index in [1.807, 2.05) is 17.9 Å². The van der Waals surface area contributed by atoms with Gasteiger partial charge in [0.15, 0.2) is 0 Å². The lowest BCUT2D eigenvalue weighted by molar-refractivity contribution is 0.120. The zero-order valence-corrected chi connectivity index (χ0v) is 11.2. The average Bonchev–Trinajstić information content (AvgIpc) is 2.78. The summed E-state index contributed by atoms with van der Waals surface area (Å²) in [6.45, 7) is 6.18. The van der Waals surface area contributed by atoms with Crippen LogP contribution in [0.3, 0.4) is 0 Å². The number of aromatic nitrogens is 1. The van der Waals surface area contributed by atoms with E-state index in [2.05, 4.69) is 22.0 Å². The van der Waals surface area contributed by atoms with E-state index < -0.39 is 0 Å². The number of carbonyl (C=O) groups is 1. The Hall–Kier alpha value is -1.62. The third-order valence-electron chi connectivity index (χ3n) is 3.83. The summed E-state index contributed by atoms with van der Waals surface area (Å²) in [6, 6.07) is 6.39. The molecule has 1 amide bonds. The van der Waals surface area contributed by atoms with E-state index in [1.165, 1.54) is 0 Å². The molecule has 1 aromatic rings. The first kappa shape index (κ1) is 12.4. The molecule has 0 spiro atoms. The summed E-state index contributed by atoms with van der Waals surface area (Å²) in [7, 11) is 0. The Bertz CT molecular complexity index is 478. The van der Waals surface area contributed by atoms with Crippen LogP contribution in [0, 0.1) is 6.92 Å². The Morgan fingerprint density at radius 2 is 2.32 bits per heavy atom. The molecule has 5 heteroatoms. The molecule has 2 aliphatic rings. The normalized spacial score (nSPS) is 23.3. The fraction of sp³-hybridized carbons (Fsp3) is 0.571. The van der Waals surface area contributed by atoms with Crippen molar-refractivity contribution in [3.8, 4) is 0 Å². The van der Waals surface area contributed by atoms with Gasteiger partial charge in [-0.05, 0) is 19.1 Å². The summed E-state index contributed by atoms with van der Waals surface area (Å²) >= 11 is 0. The lowest BCUT2D eigenvalue weighted by atomic mass is 10.1. The Kier molecular flexibility index (Phi) is 3.38. The zero-order valence-electron chi connectivity index (χ0n) is 11.2. The second-order valence-electron chi connectivity index (χ2n) is 5.25. The van der Waals surface area contributed by atoms with Crippen LogP contribution in [0.25, 0.3) is 0 Å². The molecular formula is C14H19N3O2. The first-order valence-electron chi connectivity index (χ1n) is 6.80. The van der Waals surface area contributed by atoms with Crippen molar-refractivity contribution in [2.45, 2.75) is 19.4 Å². The van der Waals surface area contributed by atoms with E-state index in [1.54, 1.807) is 0 Å². The summed E-state index contributed by atoms with van der Waals surface area (Å²) in [4.78, 5) is 20.2. The van der Waals surface area contributed by atoms with Crippen LogP contribution in [0.1, 0.15) is 11.4 Å². The first-order valence-corrected chi connectivity index (χ1v) is 6.80. The number of ether oxygens (including phenoxy) is 1. The summed E-state index contributed by atoms with van der Waals surface area (Å²) in [5.41, 5.74) is 2.21. The van der Waals surface area contributed by atoms with Crippen LogP contribution in [-0.2, 0) is 11.2 Å². The fourth-order valence-electron chi connectivity index (χ4n) is 2.77. The number of rotatable bonds is 3. The Morgan fingerprint density at radius 3 is 3.16 bits per heavy atom. The van der Waals surface area contributed by atoms with E-state index in [-0.39, 0.29) is 12.1 Å². The highest BCUT2D eigenvalue weighted by atomic mass is 16.6. The third-order valence-corrected chi connectivity index (χ3v) is 3.83. The Labute approximate surface area is 113 Å². The van der Waals surface area contributed by atoms with Gasteiger partial charge in [0, 0.05) is 44.0 Å². The van der Waals surface area contributed by atoms with Crippen LogP contribution in [-0.4, -0.2) is 59.7 Å². The summed E-state index contributed by atoms with van der Waals surface area (Å²) in [5, 5.41) is 0. The van der Waals surface area contributed by atoms with Crippen LogP contribution < -0.4 is 0 Å². The minimum atomic E-state index is -0.148. The van der Waals surface area contributed by atoms with Crippen molar-refractivity contribution < 1.29 is 9.53 Å². The molecule has 0 aromatic carbocycles. The minimum Gasteiger partial charge on any atom is -0.447 e. The Morgan fingerprint density at radius 1 is 1.42 bits per heavy atom. The van der Waals surface area contributed by atoms with Crippen LogP contribution in [0.2, 0.25) is 0 Å². The number of amides is 1. The molecule has 2 aliphatic heterocycles. The van der Waals surface area contributed by atoms with E-state index in [4.69, 9.17) is 4.74 Å². The van der Waals surface area contributed by atoms with Crippen LogP contribution in [0.4, 0.5) is 4.79 Å². The molecule has 3 rings (SSSR count). The fourth-order valence-corrected chi connectivity index (χ4v) is 2.77. The van der Waals surface area contributed by atoms with Crippen LogP contribution in [0.15, 0.2) is 18.2 Å². The number of hydrogen-bond donors (Lipinski definition) is 0. The van der Waals surface area contributed by atoms with Crippen molar-refractivity contribution in [2.75, 3.05) is 32.8 Å². The highest BCUT2D eigenvalue weighted by molar-refractivity contribution is 5.70. The molecule has 1 atom stereocenters. The van der Waals surface area contributed by atoms with Crippen molar-refractivity contribution in [1.82, 2.24) is 14.8 Å². The SMILES string of the molecule is Cc1cccc(CCN2CCN3C(=O)OC[C@H]3C2)n1. The molecule has 0 radical (unpaired) electrons. The first-order chi connectivity index (χ1) is 9.22. The molecule has 19 heavy (non-hydrogen) atoms. The number of aryl methyl sites for hydroxylation is 1. The van der Waals surface area contributed by atoms with Gasteiger partial charge < -0.3 is 4.74 Å². The van der Waals surface area contributed by atoms with E-state index >= 15 is 0 Å². The van der Waals surface area contributed by atoms with E-state index in [0.29, 0.717) is 6.61 Å². The van der Waals surface area contributed by atoms with Gasteiger partial charge in [-0.2, -0.15) is 0 Å². The van der Waals surface area contributed by atoms with Crippen molar-refractivity contribution in [2.24, 2.45) is 0 Å². The zero-order chi connectivity index (χ0) is 13.2. The quantitative estimate of drug-likeness (QED) is 0.816. The second-order valence-corrected chi connectivity index (χ2v) is 5.25. The summed E-state index contributed by atoms with van der Waals surface area (Å²) in [6.07, 6.45) is 0.813. The van der Waals surface area contributed by atoms with Crippen LogP contribution in [0.5, 0.6) is 0 Å². The summed E-state index contributed by atoms with van der Waals surface area (Å²) in [5.74, 6) is 0. The smallest absolute Gasteiger partial charge is 0.410 e. The number of cyclic esters (lactones) is 1. The molecule has 0 N–H and O–H groups in total. The van der Waals surface area contributed by atoms with Gasteiger partial charge in [-0.15, -0.1) is 0 Å². The maximum absolute atomic E-state index is 11.4. The van der Waals surface area contributed by atoms with E-state index in [9.17, 15) is 4.79 Å². The lowest BCUT2D eigenvalue weighted by Crippen LogP contribution is -2.52. The molecule has 0 unspecified atom stereocenters. The molecule has 5 nitrogen and oxygen atoms in total. The van der Waals surface area contributed by atoms with Gasteiger partial charge in [0.05, 0.1) is 6.04 Å². The van der Waals surface area contributed by atoms with Crippen LogP contribution >= 0.6 is 0 Å². The van der Waals surface area contributed by atoms with Gasteiger partial charge in [0.25, 0.3) is 0 Å². The highest BCUT2D eigenvalue weighted by Gasteiger charge is 2.37. The van der Waals surface area contributed by atoms with Crippen molar-refractivity contribution in [3.63, 3.8) is 0 Å². The molecule has 0 aliphatic carbocycles.